The molecule has 0 amide bonds. The van der Waals surface area contributed by atoms with Crippen molar-refractivity contribution >= 4 is 24.8 Å². The first-order valence-electron chi connectivity index (χ1n) is 0. The predicted octanol–water partition coefficient (Wildman–Crippen LogP) is 0.361. The third-order valence-corrected chi connectivity index (χ3v) is 0. The maximum absolute atomic E-state index is 0. The minimum atomic E-state index is 0. The number of rotatable bonds is 0. The zero-order valence-corrected chi connectivity index (χ0v) is 4.77. The van der Waals surface area contributed by atoms with Gasteiger partial charge in [-0.15, -0.1) is 24.8 Å². The molecule has 0 aromatic heterocycles. The maximum atomic E-state index is 0. The van der Waals surface area contributed by atoms with Crippen LogP contribution >= 0.6 is 24.8 Å². The smallest absolute Gasteiger partial charge is 0 e. The molecule has 0 aromatic carbocycles. The Bertz CT molecular complexity index is 6.00. The summed E-state index contributed by atoms with van der Waals surface area (Å²) in [6, 6.07) is 0. The molecule has 0 aliphatic carbocycles. The van der Waals surface area contributed by atoms with E-state index < -0.39 is 0 Å². The second kappa shape index (κ2) is 29.8. The van der Waals surface area contributed by atoms with E-state index in [1.165, 1.54) is 0 Å². The predicted molar refractivity (Wildman–Crippen MR) is 16.6 cm³/mol. The van der Waals surface area contributed by atoms with Gasteiger partial charge in [0.25, 0.3) is 0 Å². The van der Waals surface area contributed by atoms with Crippen LogP contribution in [0.5, 0.6) is 0 Å². The van der Waals surface area contributed by atoms with Crippen LogP contribution in [0.25, 0.3) is 0 Å². The fourth-order valence-electron chi connectivity index (χ4n) is 0. The standard InChI is InChI=1S/2ClH.N.Pd/h2*1H;;. The van der Waals surface area contributed by atoms with E-state index >= 15 is 0 Å². The molecule has 0 atom stereocenters. The largest absolute Gasteiger partial charge is 0.147 e. The minimum Gasteiger partial charge on any atom is -0.147 e. The van der Waals surface area contributed by atoms with Crippen molar-refractivity contribution in [1.29, 1.82) is 0 Å². The number of hydrogen-bond donors (Lipinski definition) is 0. The molecule has 4 heteroatoms. The van der Waals surface area contributed by atoms with Gasteiger partial charge >= 0.3 is 0 Å². The molecular formula is H2Cl2NPd. The first-order valence-corrected chi connectivity index (χ1v) is 0. The molecule has 0 N–H and O–H groups in total. The molecule has 0 bridgehead atoms. The third kappa shape index (κ3) is 10.7. The van der Waals surface area contributed by atoms with Crippen LogP contribution in [0.4, 0.5) is 0 Å². The number of halogens is 2. The maximum Gasteiger partial charge on any atom is 0 e. The monoisotopic (exact) mass is 192 g/mol. The molecule has 31 valence electrons. The van der Waals surface area contributed by atoms with Gasteiger partial charge in [-0.25, -0.2) is 0 Å². The van der Waals surface area contributed by atoms with E-state index in [9.17, 15) is 0 Å². The van der Waals surface area contributed by atoms with Crippen molar-refractivity contribution in [3.63, 3.8) is 0 Å². The Morgan fingerprint density at radius 3 is 0.750 bits per heavy atom. The molecule has 0 unspecified atom stereocenters. The molecule has 0 rings (SSSR count). The average Bonchev–Trinajstić information content (AvgIpc) is 0. The van der Waals surface area contributed by atoms with Crippen LogP contribution < -0.4 is 6.15 Å². The van der Waals surface area contributed by atoms with Gasteiger partial charge in [0.15, 0.2) is 0 Å². The Labute approximate surface area is 51.6 Å². The zero-order chi connectivity index (χ0) is 0. The molecule has 3 radical (unpaired) electrons. The first-order chi connectivity index (χ1) is 0. The van der Waals surface area contributed by atoms with Gasteiger partial charge < -0.3 is 0 Å². The number of hydrogen-bond acceptors (Lipinski definition) is 0. The Balaban J connectivity index is 0. The van der Waals surface area contributed by atoms with Gasteiger partial charge in [-0.2, -0.15) is 0 Å². The normalized spacial score (nSPS) is 0. The van der Waals surface area contributed by atoms with Crippen molar-refractivity contribution in [1.82, 2.24) is 6.15 Å². The van der Waals surface area contributed by atoms with Gasteiger partial charge in [-0.3, -0.25) is 0 Å². The molecule has 0 spiro atoms. The van der Waals surface area contributed by atoms with Crippen LogP contribution in [0.15, 0.2) is 0 Å². The summed E-state index contributed by atoms with van der Waals surface area (Å²) >= 11 is 0. The van der Waals surface area contributed by atoms with E-state index in [1.807, 2.05) is 0 Å². The van der Waals surface area contributed by atoms with Crippen LogP contribution in [0.2, 0.25) is 0 Å². The van der Waals surface area contributed by atoms with Gasteiger partial charge in [0.2, 0.25) is 0 Å². The quantitative estimate of drug-likeness (QED) is 0.497. The Hall–Kier alpha value is 1.20. The van der Waals surface area contributed by atoms with Crippen LogP contribution in [-0.2, 0) is 20.4 Å². The molecule has 0 aliphatic rings. The van der Waals surface area contributed by atoms with E-state index in [2.05, 4.69) is 0 Å². The summed E-state index contributed by atoms with van der Waals surface area (Å²) in [7, 11) is 0. The average molecular weight is 193 g/mol. The summed E-state index contributed by atoms with van der Waals surface area (Å²) in [4.78, 5) is 0. The van der Waals surface area contributed by atoms with E-state index in [0.29, 0.717) is 0 Å². The van der Waals surface area contributed by atoms with Crippen LogP contribution in [-0.4, -0.2) is 0 Å². The van der Waals surface area contributed by atoms with E-state index in [1.54, 1.807) is 0 Å². The summed E-state index contributed by atoms with van der Waals surface area (Å²) in [5, 5.41) is 0. The van der Waals surface area contributed by atoms with Crippen molar-refractivity contribution in [2.24, 2.45) is 0 Å². The summed E-state index contributed by atoms with van der Waals surface area (Å²) in [5.74, 6) is 0. The Morgan fingerprint density at radius 2 is 0.750 bits per heavy atom. The summed E-state index contributed by atoms with van der Waals surface area (Å²) in [6.07, 6.45) is 0. The van der Waals surface area contributed by atoms with Crippen molar-refractivity contribution in [2.75, 3.05) is 0 Å². The molecule has 0 aromatic rings. The van der Waals surface area contributed by atoms with E-state index in [0.717, 1.165) is 0 Å². The van der Waals surface area contributed by atoms with Gasteiger partial charge in [-0.1, -0.05) is 0 Å². The zero-order valence-electron chi connectivity index (χ0n) is 1.58. The van der Waals surface area contributed by atoms with Crippen molar-refractivity contribution in [3.05, 3.63) is 0 Å². The van der Waals surface area contributed by atoms with Crippen LogP contribution in [0, 0.1) is 0 Å². The second-order valence-electron chi connectivity index (χ2n) is 0. The van der Waals surface area contributed by atoms with Crippen molar-refractivity contribution < 1.29 is 20.4 Å². The Morgan fingerprint density at radius 1 is 0.750 bits per heavy atom. The molecule has 0 saturated carbocycles. The molecule has 4 heavy (non-hydrogen) atoms. The fraction of sp³-hybridized carbons (Fsp3) is 0. The molecule has 0 heterocycles. The molecular weight excluding hydrogens is 191 g/mol. The first kappa shape index (κ1) is 63.6. The molecule has 0 aliphatic heterocycles. The third-order valence-electron chi connectivity index (χ3n) is 0. The summed E-state index contributed by atoms with van der Waals surface area (Å²) < 4.78 is 0. The SMILES string of the molecule is Cl.Cl.[N].[Pd]. The molecule has 0 saturated heterocycles. The van der Waals surface area contributed by atoms with Gasteiger partial charge in [0, 0.05) is 26.6 Å². The number of nitrogens with zero attached hydrogens (tertiary/aromatic N) is 1. The van der Waals surface area contributed by atoms with Crippen molar-refractivity contribution in [2.45, 2.75) is 0 Å². The molecule has 1 nitrogen and oxygen atoms in total. The Kier molecular flexibility index (Phi) is 474. The van der Waals surface area contributed by atoms with E-state index in [-0.39, 0.29) is 51.4 Å². The van der Waals surface area contributed by atoms with E-state index in [4.69, 9.17) is 0 Å². The molecule has 0 fully saturated rings. The van der Waals surface area contributed by atoms with Crippen LogP contribution in [0.3, 0.4) is 0 Å². The fourth-order valence-corrected chi connectivity index (χ4v) is 0. The second-order valence-corrected chi connectivity index (χ2v) is 0. The van der Waals surface area contributed by atoms with Crippen LogP contribution in [0.1, 0.15) is 0 Å². The van der Waals surface area contributed by atoms with Gasteiger partial charge in [0.05, 0.1) is 0 Å². The van der Waals surface area contributed by atoms with Gasteiger partial charge in [-0.05, 0) is 0 Å². The topological polar surface area (TPSA) is 30.5 Å². The minimum absolute atomic E-state index is 0. The summed E-state index contributed by atoms with van der Waals surface area (Å²) in [6.45, 7) is 0. The van der Waals surface area contributed by atoms with Crippen molar-refractivity contribution in [3.8, 4) is 0 Å². The summed E-state index contributed by atoms with van der Waals surface area (Å²) in [5.41, 5.74) is 0. The van der Waals surface area contributed by atoms with Gasteiger partial charge in [0.1, 0.15) is 0 Å².